The quantitative estimate of drug-likeness (QED) is 0.327. The van der Waals surface area contributed by atoms with Gasteiger partial charge in [0.05, 0.1) is 10.2 Å². The number of pyridine rings is 1. The summed E-state index contributed by atoms with van der Waals surface area (Å²) >= 11 is 1.22. The van der Waals surface area contributed by atoms with Gasteiger partial charge >= 0.3 is 5.69 Å². The molecule has 3 aromatic rings. The molecule has 0 aliphatic rings. The molecule has 2 aromatic heterocycles. The van der Waals surface area contributed by atoms with Gasteiger partial charge in [-0.3, -0.25) is 19.9 Å². The predicted octanol–water partition coefficient (Wildman–Crippen LogP) is 3.92. The number of nitrogens with zero attached hydrogens (tertiary/aromatic N) is 5. The van der Waals surface area contributed by atoms with Crippen LogP contribution >= 0.6 is 11.8 Å². The molecule has 0 fully saturated rings. The summed E-state index contributed by atoms with van der Waals surface area (Å²) in [6.07, 6.45) is 4.19. The van der Waals surface area contributed by atoms with Crippen molar-refractivity contribution in [1.82, 2.24) is 19.7 Å². The van der Waals surface area contributed by atoms with Crippen molar-refractivity contribution in [3.05, 3.63) is 58.7 Å². The van der Waals surface area contributed by atoms with E-state index >= 15 is 0 Å². The second-order valence-corrected chi connectivity index (χ2v) is 7.67. The van der Waals surface area contributed by atoms with E-state index in [1.807, 2.05) is 23.6 Å². The van der Waals surface area contributed by atoms with Crippen molar-refractivity contribution in [3.8, 4) is 11.4 Å². The summed E-state index contributed by atoms with van der Waals surface area (Å²) < 4.78 is 15.4. The van der Waals surface area contributed by atoms with Crippen molar-refractivity contribution < 1.29 is 14.1 Å². The highest BCUT2D eigenvalue weighted by Gasteiger charge is 2.22. The number of amides is 1. The molecule has 1 amide bonds. The highest BCUT2D eigenvalue weighted by Crippen LogP contribution is 2.28. The summed E-state index contributed by atoms with van der Waals surface area (Å²) in [5, 5.41) is 22.0. The molecule has 0 aliphatic carbocycles. The highest BCUT2D eigenvalue weighted by atomic mass is 32.2. The fourth-order valence-electron chi connectivity index (χ4n) is 2.70. The largest absolute Gasteiger partial charge is 0.325 e. The molecule has 0 radical (unpaired) electrons. The normalized spacial score (nSPS) is 11.8. The SMILES string of the molecule is CCCn1c(SC(C)C(=O)Nc2ccc(F)c([N+](=O)[O-])c2)nnc1-c1ccncc1. The van der Waals surface area contributed by atoms with Gasteiger partial charge in [0, 0.05) is 36.3 Å². The van der Waals surface area contributed by atoms with Gasteiger partial charge in [-0.1, -0.05) is 18.7 Å². The highest BCUT2D eigenvalue weighted by molar-refractivity contribution is 8.00. The van der Waals surface area contributed by atoms with Crippen LogP contribution in [0, 0.1) is 15.9 Å². The monoisotopic (exact) mass is 430 g/mol. The third kappa shape index (κ3) is 4.79. The standard InChI is InChI=1S/C19H19FN6O3S/c1-3-10-25-17(13-6-8-21-9-7-13)23-24-19(25)30-12(2)18(27)22-14-4-5-15(20)16(11-14)26(28)29/h4-9,11-12H,3,10H2,1-2H3,(H,22,27). The third-order valence-electron chi connectivity index (χ3n) is 4.16. The maximum Gasteiger partial charge on any atom is 0.306 e. The van der Waals surface area contributed by atoms with Crippen LogP contribution in [0.5, 0.6) is 0 Å². The van der Waals surface area contributed by atoms with Gasteiger partial charge in [0.1, 0.15) is 0 Å². The number of halogens is 1. The van der Waals surface area contributed by atoms with E-state index in [2.05, 4.69) is 20.5 Å². The number of hydrogen-bond donors (Lipinski definition) is 1. The Kier molecular flexibility index (Phi) is 6.72. The second kappa shape index (κ2) is 9.44. The van der Waals surface area contributed by atoms with Crippen molar-refractivity contribution in [2.24, 2.45) is 0 Å². The Bertz CT molecular complexity index is 1060. The lowest BCUT2D eigenvalue weighted by Gasteiger charge is -2.13. The molecule has 0 bridgehead atoms. The van der Waals surface area contributed by atoms with E-state index in [0.29, 0.717) is 17.5 Å². The molecule has 1 aromatic carbocycles. The van der Waals surface area contributed by atoms with Gasteiger partial charge in [0.2, 0.25) is 11.7 Å². The number of rotatable bonds is 8. The summed E-state index contributed by atoms with van der Waals surface area (Å²) in [6, 6.07) is 6.89. The number of carbonyl (C=O) groups is 1. The lowest BCUT2D eigenvalue weighted by Crippen LogP contribution is -2.23. The average molecular weight is 430 g/mol. The minimum absolute atomic E-state index is 0.146. The molecule has 0 aliphatic heterocycles. The number of nitro benzene ring substituents is 1. The molecule has 0 spiro atoms. The van der Waals surface area contributed by atoms with Crippen LogP contribution in [-0.2, 0) is 11.3 Å². The fourth-order valence-corrected chi connectivity index (χ4v) is 3.58. The molecule has 1 N–H and O–H groups in total. The van der Waals surface area contributed by atoms with Crippen LogP contribution in [0.15, 0.2) is 47.9 Å². The number of nitrogens with one attached hydrogen (secondary N) is 1. The Morgan fingerprint density at radius 3 is 2.70 bits per heavy atom. The molecule has 30 heavy (non-hydrogen) atoms. The van der Waals surface area contributed by atoms with Crippen molar-refractivity contribution in [2.75, 3.05) is 5.32 Å². The molecule has 3 rings (SSSR count). The number of nitro groups is 1. The van der Waals surface area contributed by atoms with Gasteiger partial charge < -0.3 is 9.88 Å². The van der Waals surface area contributed by atoms with Crippen LogP contribution in [-0.4, -0.2) is 35.8 Å². The van der Waals surface area contributed by atoms with E-state index in [1.54, 1.807) is 19.3 Å². The van der Waals surface area contributed by atoms with E-state index in [1.165, 1.54) is 17.8 Å². The summed E-state index contributed by atoms with van der Waals surface area (Å²) in [5.41, 5.74) is 0.319. The van der Waals surface area contributed by atoms with Gasteiger partial charge in [-0.2, -0.15) is 4.39 Å². The Hall–Kier alpha value is -3.34. The minimum atomic E-state index is -0.961. The molecular formula is C19H19FN6O3S. The van der Waals surface area contributed by atoms with E-state index in [4.69, 9.17) is 0 Å². The van der Waals surface area contributed by atoms with E-state index in [0.717, 1.165) is 24.1 Å². The van der Waals surface area contributed by atoms with Crippen LogP contribution in [0.3, 0.4) is 0 Å². The first kappa shape index (κ1) is 21.4. The number of aromatic nitrogens is 4. The summed E-state index contributed by atoms with van der Waals surface area (Å²) in [7, 11) is 0. The molecule has 2 heterocycles. The van der Waals surface area contributed by atoms with Crippen LogP contribution < -0.4 is 5.32 Å². The van der Waals surface area contributed by atoms with Crippen molar-refractivity contribution in [2.45, 2.75) is 37.2 Å². The summed E-state index contributed by atoms with van der Waals surface area (Å²) in [4.78, 5) is 26.6. The molecule has 1 atom stereocenters. The first-order valence-corrected chi connectivity index (χ1v) is 10.0. The fraction of sp³-hybridized carbons (Fsp3) is 0.263. The third-order valence-corrected chi connectivity index (χ3v) is 5.24. The van der Waals surface area contributed by atoms with Gasteiger partial charge in [0.25, 0.3) is 0 Å². The summed E-state index contributed by atoms with van der Waals surface area (Å²) in [5.74, 6) is -0.669. The minimum Gasteiger partial charge on any atom is -0.325 e. The van der Waals surface area contributed by atoms with Crippen molar-refractivity contribution >= 4 is 29.0 Å². The van der Waals surface area contributed by atoms with Crippen LogP contribution in [0.4, 0.5) is 15.8 Å². The first-order chi connectivity index (χ1) is 14.4. The zero-order chi connectivity index (χ0) is 21.7. The van der Waals surface area contributed by atoms with Crippen LogP contribution in [0.1, 0.15) is 20.3 Å². The van der Waals surface area contributed by atoms with Crippen LogP contribution in [0.25, 0.3) is 11.4 Å². The summed E-state index contributed by atoms with van der Waals surface area (Å²) in [6.45, 7) is 4.39. The average Bonchev–Trinajstić information content (AvgIpc) is 3.12. The molecule has 1 unspecified atom stereocenters. The zero-order valence-electron chi connectivity index (χ0n) is 16.3. The molecule has 0 saturated heterocycles. The first-order valence-electron chi connectivity index (χ1n) is 9.15. The van der Waals surface area contributed by atoms with Gasteiger partial charge in [-0.15, -0.1) is 10.2 Å². The zero-order valence-corrected chi connectivity index (χ0v) is 17.1. The lowest BCUT2D eigenvalue weighted by molar-refractivity contribution is -0.387. The number of carbonyl (C=O) groups excluding carboxylic acids is 1. The Morgan fingerprint density at radius 1 is 1.30 bits per heavy atom. The van der Waals surface area contributed by atoms with Crippen molar-refractivity contribution in [3.63, 3.8) is 0 Å². The number of benzene rings is 1. The lowest BCUT2D eigenvalue weighted by atomic mass is 10.2. The second-order valence-electron chi connectivity index (χ2n) is 6.37. The Balaban J connectivity index is 1.76. The van der Waals surface area contributed by atoms with Crippen molar-refractivity contribution in [1.29, 1.82) is 0 Å². The van der Waals surface area contributed by atoms with Gasteiger partial charge in [-0.05, 0) is 37.6 Å². The van der Waals surface area contributed by atoms with Crippen LogP contribution in [0.2, 0.25) is 0 Å². The number of hydrogen-bond acceptors (Lipinski definition) is 7. The Morgan fingerprint density at radius 2 is 2.03 bits per heavy atom. The predicted molar refractivity (Wildman–Crippen MR) is 111 cm³/mol. The smallest absolute Gasteiger partial charge is 0.306 e. The molecule has 0 saturated carbocycles. The number of thioether (sulfide) groups is 1. The molecule has 9 nitrogen and oxygen atoms in total. The van der Waals surface area contributed by atoms with Gasteiger partial charge in [-0.25, -0.2) is 0 Å². The Labute approximate surface area is 175 Å². The number of anilines is 1. The van der Waals surface area contributed by atoms with E-state index < -0.39 is 27.6 Å². The molecule has 11 heteroatoms. The maximum atomic E-state index is 13.5. The van der Waals surface area contributed by atoms with E-state index in [-0.39, 0.29) is 5.69 Å². The van der Waals surface area contributed by atoms with Gasteiger partial charge in [0.15, 0.2) is 11.0 Å². The topological polar surface area (TPSA) is 116 Å². The molecule has 156 valence electrons. The maximum absolute atomic E-state index is 13.5. The molecular weight excluding hydrogens is 411 g/mol. The van der Waals surface area contributed by atoms with E-state index in [9.17, 15) is 19.3 Å².